The maximum absolute atomic E-state index is 11.6. The van der Waals surface area contributed by atoms with Gasteiger partial charge in [0.05, 0.1) is 0 Å². The third-order valence-corrected chi connectivity index (χ3v) is 3.04. The van der Waals surface area contributed by atoms with Crippen LogP contribution in [0.1, 0.15) is 25.8 Å². The highest BCUT2D eigenvalue weighted by atomic mass is 16.3. The minimum Gasteiger partial charge on any atom is -0.396 e. The topological polar surface area (TPSA) is 78.4 Å². The molecule has 22 heavy (non-hydrogen) atoms. The zero-order valence-corrected chi connectivity index (χ0v) is 13.1. The molecule has 0 unspecified atom stereocenters. The van der Waals surface area contributed by atoms with Crippen molar-refractivity contribution in [2.24, 2.45) is 5.41 Å². The molecule has 0 radical (unpaired) electrons. The van der Waals surface area contributed by atoms with E-state index in [4.69, 9.17) is 5.11 Å². The van der Waals surface area contributed by atoms with Gasteiger partial charge in [0.15, 0.2) is 0 Å². The summed E-state index contributed by atoms with van der Waals surface area (Å²) in [5, 5.41) is 14.5. The molecule has 0 aliphatic heterocycles. The van der Waals surface area contributed by atoms with Gasteiger partial charge in [-0.2, -0.15) is 0 Å². The molecule has 2 amide bonds. The van der Waals surface area contributed by atoms with Gasteiger partial charge in [0.1, 0.15) is 0 Å². The summed E-state index contributed by atoms with van der Waals surface area (Å²) in [5.41, 5.74) is 0.531. The fourth-order valence-electron chi connectivity index (χ4n) is 1.74. The van der Waals surface area contributed by atoms with E-state index in [-0.39, 0.29) is 24.8 Å². The lowest BCUT2D eigenvalue weighted by atomic mass is 9.90. The minimum absolute atomic E-state index is 0.0402. The lowest BCUT2D eigenvalue weighted by Gasteiger charge is -2.20. The van der Waals surface area contributed by atoms with Crippen LogP contribution in [0.5, 0.6) is 0 Å². The van der Waals surface area contributed by atoms with Gasteiger partial charge in [0, 0.05) is 32.2 Å². The molecule has 0 atom stereocenters. The van der Waals surface area contributed by atoms with Gasteiger partial charge in [-0.25, -0.2) is 0 Å². The van der Waals surface area contributed by atoms with Gasteiger partial charge in [-0.15, -0.1) is 0 Å². The van der Waals surface area contributed by atoms with Gasteiger partial charge in [0.2, 0.25) is 11.8 Å². The molecule has 1 aromatic carbocycles. The van der Waals surface area contributed by atoms with Gasteiger partial charge < -0.3 is 15.7 Å². The van der Waals surface area contributed by atoms with Crippen molar-refractivity contribution in [3.63, 3.8) is 0 Å². The maximum atomic E-state index is 11.6. The highest BCUT2D eigenvalue weighted by Crippen LogP contribution is 2.18. The molecule has 0 spiro atoms. The molecule has 0 bridgehead atoms. The first-order chi connectivity index (χ1) is 10.4. The van der Waals surface area contributed by atoms with E-state index in [1.54, 1.807) is 6.08 Å². The molecule has 3 N–H and O–H groups in total. The number of benzene rings is 1. The minimum atomic E-state index is -0.425. The fourth-order valence-corrected chi connectivity index (χ4v) is 1.74. The van der Waals surface area contributed by atoms with Crippen LogP contribution >= 0.6 is 0 Å². The molecular formula is C17H24N2O3. The van der Waals surface area contributed by atoms with Crippen molar-refractivity contribution in [2.45, 2.75) is 20.3 Å². The van der Waals surface area contributed by atoms with Gasteiger partial charge in [-0.3, -0.25) is 9.59 Å². The van der Waals surface area contributed by atoms with Crippen LogP contribution in [-0.2, 0) is 9.59 Å². The van der Waals surface area contributed by atoms with Crippen LogP contribution < -0.4 is 10.6 Å². The third-order valence-electron chi connectivity index (χ3n) is 3.04. The van der Waals surface area contributed by atoms with Crippen molar-refractivity contribution in [1.82, 2.24) is 10.6 Å². The van der Waals surface area contributed by atoms with Crippen LogP contribution in [-0.4, -0.2) is 36.6 Å². The van der Waals surface area contributed by atoms with Crippen LogP contribution in [0.25, 0.3) is 6.08 Å². The quantitative estimate of drug-likeness (QED) is 0.501. The summed E-state index contributed by atoms with van der Waals surface area (Å²) in [4.78, 5) is 23.2. The molecule has 0 saturated carbocycles. The van der Waals surface area contributed by atoms with Gasteiger partial charge in [-0.05, 0) is 17.1 Å². The summed E-state index contributed by atoms with van der Waals surface area (Å²) in [5.74, 6) is -0.332. The van der Waals surface area contributed by atoms with Crippen molar-refractivity contribution < 1.29 is 14.7 Å². The zero-order valence-electron chi connectivity index (χ0n) is 13.1. The van der Waals surface area contributed by atoms with Crippen LogP contribution in [0.3, 0.4) is 0 Å². The molecule has 5 heteroatoms. The number of nitrogens with one attached hydrogen (secondary N) is 2. The average Bonchev–Trinajstić information content (AvgIpc) is 2.50. The second-order valence-corrected chi connectivity index (χ2v) is 5.88. The number of hydrogen-bond donors (Lipinski definition) is 3. The molecule has 0 fully saturated rings. The van der Waals surface area contributed by atoms with Crippen molar-refractivity contribution in [2.75, 3.05) is 19.7 Å². The standard InChI is InChI=1S/C17H24N2O3/c1-17(2,13-20)12-16(22)19-11-10-18-15(21)9-8-14-6-4-3-5-7-14/h3-9,20H,10-13H2,1-2H3,(H,18,21)(H,19,22)/b9-8+. The normalized spacial score (nSPS) is 11.4. The molecule has 0 aliphatic rings. The monoisotopic (exact) mass is 304 g/mol. The van der Waals surface area contributed by atoms with Crippen LogP contribution in [0.4, 0.5) is 0 Å². The Morgan fingerprint density at radius 2 is 1.77 bits per heavy atom. The number of aliphatic hydroxyl groups excluding tert-OH is 1. The Labute approximate surface area is 131 Å². The number of hydrogen-bond acceptors (Lipinski definition) is 3. The molecule has 5 nitrogen and oxygen atoms in total. The van der Waals surface area contributed by atoms with E-state index in [0.29, 0.717) is 13.1 Å². The first kappa shape index (κ1) is 17.9. The Balaban J connectivity index is 2.20. The Bertz CT molecular complexity index is 510. The van der Waals surface area contributed by atoms with E-state index in [9.17, 15) is 9.59 Å². The second kappa shape index (κ2) is 9.00. The van der Waals surface area contributed by atoms with Crippen molar-refractivity contribution in [3.05, 3.63) is 42.0 Å². The Hall–Kier alpha value is -2.14. The largest absolute Gasteiger partial charge is 0.396 e. The van der Waals surface area contributed by atoms with Crippen molar-refractivity contribution >= 4 is 17.9 Å². The molecule has 0 aliphatic carbocycles. The lowest BCUT2D eigenvalue weighted by Crippen LogP contribution is -2.36. The average molecular weight is 304 g/mol. The number of carbonyl (C=O) groups excluding carboxylic acids is 2. The Morgan fingerprint density at radius 1 is 1.14 bits per heavy atom. The molecular weight excluding hydrogens is 280 g/mol. The summed E-state index contributed by atoms with van der Waals surface area (Å²) in [7, 11) is 0. The zero-order chi connectivity index (χ0) is 16.4. The summed E-state index contributed by atoms with van der Waals surface area (Å²) in [6.45, 7) is 4.33. The van der Waals surface area contributed by atoms with Crippen LogP contribution in [0.2, 0.25) is 0 Å². The Kier molecular flexibility index (Phi) is 7.32. The van der Waals surface area contributed by atoms with E-state index in [0.717, 1.165) is 5.56 Å². The van der Waals surface area contributed by atoms with E-state index < -0.39 is 5.41 Å². The number of amides is 2. The van der Waals surface area contributed by atoms with Gasteiger partial charge >= 0.3 is 0 Å². The van der Waals surface area contributed by atoms with E-state index in [1.165, 1.54) is 6.08 Å². The first-order valence-corrected chi connectivity index (χ1v) is 7.31. The lowest BCUT2D eigenvalue weighted by molar-refractivity contribution is -0.124. The van der Waals surface area contributed by atoms with Gasteiger partial charge in [0.25, 0.3) is 0 Å². The van der Waals surface area contributed by atoms with Crippen molar-refractivity contribution in [3.8, 4) is 0 Å². The predicted octanol–water partition coefficient (Wildman–Crippen LogP) is 1.34. The molecule has 120 valence electrons. The number of rotatable bonds is 8. The van der Waals surface area contributed by atoms with E-state index in [1.807, 2.05) is 44.2 Å². The summed E-state index contributed by atoms with van der Waals surface area (Å²) >= 11 is 0. The maximum Gasteiger partial charge on any atom is 0.244 e. The summed E-state index contributed by atoms with van der Waals surface area (Å²) in [6.07, 6.45) is 3.45. The third kappa shape index (κ3) is 7.59. The van der Waals surface area contributed by atoms with Crippen LogP contribution in [0.15, 0.2) is 36.4 Å². The summed E-state index contributed by atoms with van der Waals surface area (Å²) < 4.78 is 0. The molecule has 0 heterocycles. The fraction of sp³-hybridized carbons (Fsp3) is 0.412. The molecule has 1 aromatic rings. The summed E-state index contributed by atoms with van der Waals surface area (Å²) in [6, 6.07) is 9.54. The number of carbonyl (C=O) groups is 2. The highest BCUT2D eigenvalue weighted by Gasteiger charge is 2.20. The van der Waals surface area contributed by atoms with Crippen molar-refractivity contribution in [1.29, 1.82) is 0 Å². The van der Waals surface area contributed by atoms with E-state index in [2.05, 4.69) is 10.6 Å². The predicted molar refractivity (Wildman–Crippen MR) is 87.0 cm³/mol. The molecule has 1 rings (SSSR count). The van der Waals surface area contributed by atoms with Crippen LogP contribution in [0, 0.1) is 5.41 Å². The molecule has 0 saturated heterocycles. The Morgan fingerprint density at radius 3 is 2.41 bits per heavy atom. The highest BCUT2D eigenvalue weighted by molar-refractivity contribution is 5.91. The smallest absolute Gasteiger partial charge is 0.244 e. The molecule has 0 aromatic heterocycles. The SMILES string of the molecule is CC(C)(CO)CC(=O)NCCNC(=O)/C=C/c1ccccc1. The first-order valence-electron chi connectivity index (χ1n) is 7.31. The van der Waals surface area contributed by atoms with E-state index >= 15 is 0 Å². The number of aliphatic hydroxyl groups is 1. The second-order valence-electron chi connectivity index (χ2n) is 5.88. The van der Waals surface area contributed by atoms with Gasteiger partial charge in [-0.1, -0.05) is 44.2 Å².